The molecule has 31 heavy (non-hydrogen) atoms. The molecule has 3 nitrogen and oxygen atoms in total. The zero-order valence-corrected chi connectivity index (χ0v) is 19.1. The molecule has 2 aromatic rings. The zero-order chi connectivity index (χ0) is 21.6. The highest BCUT2D eigenvalue weighted by Crippen LogP contribution is 2.40. The van der Waals surface area contributed by atoms with Crippen molar-refractivity contribution in [1.29, 1.82) is 0 Å². The van der Waals surface area contributed by atoms with Crippen molar-refractivity contribution < 1.29 is 14.3 Å². The maximum atomic E-state index is 13.1. The van der Waals surface area contributed by atoms with Crippen LogP contribution in [0.25, 0.3) is 0 Å². The van der Waals surface area contributed by atoms with Crippen molar-refractivity contribution in [1.82, 2.24) is 0 Å². The van der Waals surface area contributed by atoms with Crippen molar-refractivity contribution in [3.05, 3.63) is 59.2 Å². The van der Waals surface area contributed by atoms with Crippen LogP contribution in [0.1, 0.15) is 72.9 Å². The van der Waals surface area contributed by atoms with Crippen LogP contribution in [0.2, 0.25) is 0 Å². The fraction of sp³-hybridized carbons (Fsp3) is 0.536. The maximum absolute atomic E-state index is 13.1. The molecule has 0 N–H and O–H groups in total. The third kappa shape index (κ3) is 5.31. The lowest BCUT2D eigenvalue weighted by Gasteiger charge is -2.19. The minimum atomic E-state index is 0.123. The second kappa shape index (κ2) is 10.3. The number of rotatable bonds is 6. The molecular formula is C28H36O3. The lowest BCUT2D eigenvalue weighted by atomic mass is 9.85. The van der Waals surface area contributed by atoms with Gasteiger partial charge in [-0.2, -0.15) is 0 Å². The summed E-state index contributed by atoms with van der Waals surface area (Å²) in [4.78, 5) is 13.1. The van der Waals surface area contributed by atoms with E-state index in [1.165, 1.54) is 56.9 Å². The third-order valence-electron chi connectivity index (χ3n) is 7.40. The molecule has 3 heteroatoms. The summed E-state index contributed by atoms with van der Waals surface area (Å²) in [7, 11) is 3.28. The number of carbonyl (C=O) groups is 1. The Morgan fingerprint density at radius 1 is 0.839 bits per heavy atom. The molecule has 0 aromatic heterocycles. The van der Waals surface area contributed by atoms with Crippen LogP contribution < -0.4 is 9.47 Å². The standard InChI is InChI=1S/C28H36O3/c1-30-26-18-23-17-24(28(29)25(23)19-27(26)31-2)16-22-12-7-6-11-21(13-8-14-22)15-20-9-4-3-5-10-20/h3-5,9-10,18-19,21-22,24H,6-8,11-17H2,1-2H3. The summed E-state index contributed by atoms with van der Waals surface area (Å²) in [6.45, 7) is 0. The summed E-state index contributed by atoms with van der Waals surface area (Å²) in [5.41, 5.74) is 3.44. The summed E-state index contributed by atoms with van der Waals surface area (Å²) >= 11 is 0. The number of carbonyl (C=O) groups excluding carboxylic acids is 1. The number of ether oxygens (including phenoxy) is 2. The van der Waals surface area contributed by atoms with Gasteiger partial charge in [-0.3, -0.25) is 4.79 Å². The summed E-state index contributed by atoms with van der Waals surface area (Å²) in [5.74, 6) is 3.28. The topological polar surface area (TPSA) is 35.5 Å². The molecule has 2 aliphatic carbocycles. The quantitative estimate of drug-likeness (QED) is 0.524. The van der Waals surface area contributed by atoms with Crippen LogP contribution in [-0.4, -0.2) is 20.0 Å². The molecule has 2 aromatic carbocycles. The average Bonchev–Trinajstić information content (AvgIpc) is 3.14. The van der Waals surface area contributed by atoms with Crippen LogP contribution in [0.15, 0.2) is 42.5 Å². The highest BCUT2D eigenvalue weighted by atomic mass is 16.5. The van der Waals surface area contributed by atoms with Crippen LogP contribution in [0.3, 0.4) is 0 Å². The number of Topliss-reactive ketones (excluding diaryl/α,β-unsaturated/α-hetero) is 1. The largest absolute Gasteiger partial charge is 0.493 e. The molecule has 1 fully saturated rings. The van der Waals surface area contributed by atoms with E-state index < -0.39 is 0 Å². The van der Waals surface area contributed by atoms with Crippen molar-refractivity contribution >= 4 is 5.78 Å². The van der Waals surface area contributed by atoms with Crippen molar-refractivity contribution in [2.24, 2.45) is 17.8 Å². The molecule has 0 aliphatic heterocycles. The average molecular weight is 421 g/mol. The molecule has 0 bridgehead atoms. The minimum absolute atomic E-state index is 0.123. The van der Waals surface area contributed by atoms with Gasteiger partial charge in [0.25, 0.3) is 0 Å². The SMILES string of the molecule is COc1cc2c(cc1OC)C(=O)C(CC1CCCCC(Cc3ccccc3)CCC1)C2. The molecule has 0 radical (unpaired) electrons. The number of fused-ring (bicyclic) bond motifs is 1. The van der Waals surface area contributed by atoms with E-state index in [1.807, 2.05) is 12.1 Å². The second-order valence-corrected chi connectivity index (χ2v) is 9.50. The summed E-state index contributed by atoms with van der Waals surface area (Å²) in [6.07, 6.45) is 12.2. The molecule has 166 valence electrons. The first-order chi connectivity index (χ1) is 15.2. The number of methoxy groups -OCH3 is 2. The van der Waals surface area contributed by atoms with Gasteiger partial charge in [-0.15, -0.1) is 0 Å². The van der Waals surface area contributed by atoms with Crippen LogP contribution in [0, 0.1) is 17.8 Å². The van der Waals surface area contributed by atoms with Gasteiger partial charge >= 0.3 is 0 Å². The minimum Gasteiger partial charge on any atom is -0.493 e. The number of benzene rings is 2. The van der Waals surface area contributed by atoms with E-state index in [9.17, 15) is 4.79 Å². The van der Waals surface area contributed by atoms with Crippen molar-refractivity contribution in [2.75, 3.05) is 14.2 Å². The molecule has 4 rings (SSSR count). The Bertz CT molecular complexity index is 873. The van der Waals surface area contributed by atoms with Gasteiger partial charge in [-0.25, -0.2) is 0 Å². The smallest absolute Gasteiger partial charge is 0.166 e. The predicted molar refractivity (Wildman–Crippen MR) is 125 cm³/mol. The molecule has 1 saturated carbocycles. The Hall–Kier alpha value is -2.29. The number of ketones is 1. The van der Waals surface area contributed by atoms with Gasteiger partial charge in [0.2, 0.25) is 0 Å². The molecule has 0 spiro atoms. The molecular weight excluding hydrogens is 384 g/mol. The number of hydrogen-bond acceptors (Lipinski definition) is 3. The Balaban J connectivity index is 1.35. The Labute approximate surface area is 187 Å². The van der Waals surface area contributed by atoms with Gasteiger partial charge in [0.05, 0.1) is 14.2 Å². The fourth-order valence-electron chi connectivity index (χ4n) is 5.73. The van der Waals surface area contributed by atoms with Crippen molar-refractivity contribution in [2.45, 2.75) is 64.2 Å². The van der Waals surface area contributed by atoms with Crippen LogP contribution in [0.4, 0.5) is 0 Å². The zero-order valence-electron chi connectivity index (χ0n) is 19.1. The normalized spacial score (nSPS) is 24.1. The van der Waals surface area contributed by atoms with Gasteiger partial charge in [-0.1, -0.05) is 75.3 Å². The molecule has 3 atom stereocenters. The Kier molecular flexibility index (Phi) is 7.32. The molecule has 0 heterocycles. The fourth-order valence-corrected chi connectivity index (χ4v) is 5.73. The lowest BCUT2D eigenvalue weighted by molar-refractivity contribution is 0.0914. The molecule has 2 aliphatic rings. The summed E-state index contributed by atoms with van der Waals surface area (Å²) in [5, 5.41) is 0. The van der Waals surface area contributed by atoms with E-state index in [4.69, 9.17) is 9.47 Å². The first-order valence-corrected chi connectivity index (χ1v) is 12.0. The van der Waals surface area contributed by atoms with E-state index in [2.05, 4.69) is 30.3 Å². The third-order valence-corrected chi connectivity index (χ3v) is 7.40. The predicted octanol–water partition coefficient (Wildman–Crippen LogP) is 6.67. The monoisotopic (exact) mass is 420 g/mol. The van der Waals surface area contributed by atoms with Crippen LogP contribution >= 0.6 is 0 Å². The Morgan fingerprint density at radius 3 is 2.23 bits per heavy atom. The van der Waals surface area contributed by atoms with Gasteiger partial charge < -0.3 is 9.47 Å². The van der Waals surface area contributed by atoms with Gasteiger partial charge in [0.15, 0.2) is 17.3 Å². The van der Waals surface area contributed by atoms with E-state index >= 15 is 0 Å². The highest BCUT2D eigenvalue weighted by Gasteiger charge is 2.33. The van der Waals surface area contributed by atoms with Crippen LogP contribution in [0.5, 0.6) is 11.5 Å². The van der Waals surface area contributed by atoms with Gasteiger partial charge in [0, 0.05) is 11.5 Å². The molecule has 3 unspecified atom stereocenters. The van der Waals surface area contributed by atoms with Gasteiger partial charge in [0.1, 0.15) is 0 Å². The number of hydrogen-bond donors (Lipinski definition) is 0. The highest BCUT2D eigenvalue weighted by molar-refractivity contribution is 6.02. The Morgan fingerprint density at radius 2 is 1.48 bits per heavy atom. The van der Waals surface area contributed by atoms with Gasteiger partial charge in [-0.05, 0) is 54.4 Å². The van der Waals surface area contributed by atoms with Crippen molar-refractivity contribution in [3.63, 3.8) is 0 Å². The van der Waals surface area contributed by atoms with E-state index in [0.717, 1.165) is 35.6 Å². The van der Waals surface area contributed by atoms with E-state index in [-0.39, 0.29) is 5.92 Å². The molecule has 0 amide bonds. The first kappa shape index (κ1) is 21.9. The maximum Gasteiger partial charge on any atom is 0.166 e. The first-order valence-electron chi connectivity index (χ1n) is 12.0. The lowest BCUT2D eigenvalue weighted by Crippen LogP contribution is -2.15. The summed E-state index contributed by atoms with van der Waals surface area (Å²) < 4.78 is 10.9. The molecule has 0 saturated heterocycles. The second-order valence-electron chi connectivity index (χ2n) is 9.50. The van der Waals surface area contributed by atoms with E-state index in [1.54, 1.807) is 14.2 Å². The van der Waals surface area contributed by atoms with Crippen molar-refractivity contribution in [3.8, 4) is 11.5 Å². The van der Waals surface area contributed by atoms with E-state index in [0.29, 0.717) is 17.5 Å². The van der Waals surface area contributed by atoms with Crippen LogP contribution in [-0.2, 0) is 12.8 Å². The summed E-state index contributed by atoms with van der Waals surface area (Å²) in [6, 6.07) is 14.8.